The fourth-order valence-electron chi connectivity index (χ4n) is 2.59. The molecular formula is C22H19FN2O3. The van der Waals surface area contributed by atoms with Crippen molar-refractivity contribution in [3.05, 3.63) is 83.8 Å². The van der Waals surface area contributed by atoms with E-state index in [0.29, 0.717) is 28.6 Å². The third-order valence-corrected chi connectivity index (χ3v) is 4.01. The van der Waals surface area contributed by atoms with Gasteiger partial charge in [0.15, 0.2) is 17.3 Å². The number of benzene rings is 2. The summed E-state index contributed by atoms with van der Waals surface area (Å²) >= 11 is 0. The van der Waals surface area contributed by atoms with E-state index < -0.39 is 0 Å². The Bertz CT molecular complexity index is 1000. The third kappa shape index (κ3) is 4.54. The number of anilines is 2. The number of rotatable bonds is 7. The van der Waals surface area contributed by atoms with Gasteiger partial charge >= 0.3 is 0 Å². The normalized spacial score (nSPS) is 10.7. The van der Waals surface area contributed by atoms with Crippen LogP contribution >= 0.6 is 0 Å². The lowest BCUT2D eigenvalue weighted by Gasteiger charge is -2.09. The van der Waals surface area contributed by atoms with E-state index in [0.717, 1.165) is 5.56 Å². The molecule has 0 unspecified atom stereocenters. The molecule has 0 atom stereocenters. The van der Waals surface area contributed by atoms with Crippen molar-refractivity contribution in [2.75, 3.05) is 19.5 Å². The van der Waals surface area contributed by atoms with Crippen molar-refractivity contribution in [2.24, 2.45) is 0 Å². The van der Waals surface area contributed by atoms with Crippen molar-refractivity contribution >= 4 is 23.4 Å². The van der Waals surface area contributed by atoms with E-state index in [1.807, 2.05) is 6.07 Å². The Morgan fingerprint density at radius 3 is 2.50 bits per heavy atom. The summed E-state index contributed by atoms with van der Waals surface area (Å²) < 4.78 is 23.6. The Morgan fingerprint density at radius 1 is 1.04 bits per heavy atom. The average Bonchev–Trinajstić information content (AvgIpc) is 2.73. The summed E-state index contributed by atoms with van der Waals surface area (Å²) in [7, 11) is 3.12. The number of ketones is 1. The van der Waals surface area contributed by atoms with Crippen molar-refractivity contribution in [1.29, 1.82) is 0 Å². The second kappa shape index (κ2) is 8.81. The Hall–Kier alpha value is -3.67. The smallest absolute Gasteiger partial charge is 0.189 e. The van der Waals surface area contributed by atoms with E-state index >= 15 is 0 Å². The lowest BCUT2D eigenvalue weighted by Crippen LogP contribution is -2.03. The first-order valence-electron chi connectivity index (χ1n) is 8.53. The molecule has 0 amide bonds. The number of hydrogen-bond acceptors (Lipinski definition) is 5. The molecular weight excluding hydrogens is 359 g/mol. The van der Waals surface area contributed by atoms with Gasteiger partial charge < -0.3 is 14.8 Å². The van der Waals surface area contributed by atoms with Crippen LogP contribution in [0.25, 0.3) is 6.08 Å². The van der Waals surface area contributed by atoms with Crippen molar-refractivity contribution in [2.45, 2.75) is 0 Å². The molecule has 1 aromatic heterocycles. The standard InChI is InChI=1S/C22H19FN2O3/c1-27-20-12-6-15(14-21(20)28-2)5-11-19(26)18-4-3-13-24-22(18)25-17-9-7-16(23)8-10-17/h3-14H,1-2H3,(H,24,25)/b11-5+. The van der Waals surface area contributed by atoms with Crippen LogP contribution in [0, 0.1) is 5.82 Å². The zero-order valence-electron chi connectivity index (χ0n) is 15.5. The molecule has 3 rings (SSSR count). The minimum Gasteiger partial charge on any atom is -0.493 e. The maximum Gasteiger partial charge on any atom is 0.189 e. The number of hydrogen-bond donors (Lipinski definition) is 1. The summed E-state index contributed by atoms with van der Waals surface area (Å²) in [4.78, 5) is 16.9. The van der Waals surface area contributed by atoms with Gasteiger partial charge in [-0.15, -0.1) is 0 Å². The molecule has 2 aromatic carbocycles. The minimum absolute atomic E-state index is 0.215. The van der Waals surface area contributed by atoms with Gasteiger partial charge in [0.2, 0.25) is 0 Å². The van der Waals surface area contributed by atoms with Crippen molar-refractivity contribution in [3.8, 4) is 11.5 Å². The van der Waals surface area contributed by atoms with Gasteiger partial charge in [0.05, 0.1) is 19.8 Å². The molecule has 0 bridgehead atoms. The van der Waals surface area contributed by atoms with E-state index in [-0.39, 0.29) is 11.6 Å². The highest BCUT2D eigenvalue weighted by Gasteiger charge is 2.10. The number of halogens is 1. The van der Waals surface area contributed by atoms with Crippen LogP contribution in [0.15, 0.2) is 66.9 Å². The Kier molecular flexibility index (Phi) is 6.01. The fraction of sp³-hybridized carbons (Fsp3) is 0.0909. The Morgan fingerprint density at radius 2 is 1.79 bits per heavy atom. The lowest BCUT2D eigenvalue weighted by atomic mass is 10.1. The maximum atomic E-state index is 13.1. The quantitative estimate of drug-likeness (QED) is 0.469. The topological polar surface area (TPSA) is 60.5 Å². The zero-order valence-corrected chi connectivity index (χ0v) is 15.5. The van der Waals surface area contributed by atoms with Gasteiger partial charge in [-0.25, -0.2) is 9.37 Å². The highest BCUT2D eigenvalue weighted by atomic mass is 19.1. The van der Waals surface area contributed by atoms with E-state index in [9.17, 15) is 9.18 Å². The molecule has 0 aliphatic carbocycles. The third-order valence-electron chi connectivity index (χ3n) is 4.01. The van der Waals surface area contributed by atoms with Crippen molar-refractivity contribution < 1.29 is 18.7 Å². The maximum absolute atomic E-state index is 13.1. The number of nitrogens with one attached hydrogen (secondary N) is 1. The first kappa shape index (κ1) is 19.1. The SMILES string of the molecule is COc1ccc(/C=C/C(=O)c2cccnc2Nc2ccc(F)cc2)cc1OC. The predicted molar refractivity (Wildman–Crippen MR) is 107 cm³/mol. The molecule has 0 fully saturated rings. The van der Waals surface area contributed by atoms with Crippen LogP contribution in [-0.4, -0.2) is 25.0 Å². The molecule has 3 aromatic rings. The van der Waals surface area contributed by atoms with Gasteiger partial charge in [0, 0.05) is 11.9 Å². The van der Waals surface area contributed by atoms with Crippen molar-refractivity contribution in [3.63, 3.8) is 0 Å². The fourth-order valence-corrected chi connectivity index (χ4v) is 2.59. The predicted octanol–water partition coefficient (Wildman–Crippen LogP) is 4.88. The van der Waals surface area contributed by atoms with Gasteiger partial charge in [-0.1, -0.05) is 12.1 Å². The molecule has 5 nitrogen and oxygen atoms in total. The average molecular weight is 378 g/mol. The zero-order chi connectivity index (χ0) is 19.9. The van der Waals surface area contributed by atoms with Gasteiger partial charge in [-0.05, 0) is 60.2 Å². The van der Waals surface area contributed by atoms with Crippen LogP contribution in [0.2, 0.25) is 0 Å². The van der Waals surface area contributed by atoms with E-state index in [1.54, 1.807) is 62.9 Å². The van der Waals surface area contributed by atoms with E-state index in [1.165, 1.54) is 18.2 Å². The van der Waals surface area contributed by atoms with Crippen LogP contribution < -0.4 is 14.8 Å². The molecule has 6 heteroatoms. The first-order valence-corrected chi connectivity index (χ1v) is 8.53. The molecule has 142 valence electrons. The van der Waals surface area contributed by atoms with Gasteiger partial charge in [-0.2, -0.15) is 0 Å². The number of allylic oxidation sites excluding steroid dienone is 1. The summed E-state index contributed by atoms with van der Waals surface area (Å²) in [6.45, 7) is 0. The number of ether oxygens (including phenoxy) is 2. The monoisotopic (exact) mass is 378 g/mol. The summed E-state index contributed by atoms with van der Waals surface area (Å²) in [5.74, 6) is 1.05. The number of aromatic nitrogens is 1. The Labute approximate surface area is 162 Å². The highest BCUT2D eigenvalue weighted by molar-refractivity contribution is 6.10. The van der Waals surface area contributed by atoms with Gasteiger partial charge in [-0.3, -0.25) is 4.79 Å². The number of carbonyl (C=O) groups excluding carboxylic acids is 1. The number of methoxy groups -OCH3 is 2. The molecule has 0 saturated heterocycles. The number of pyridine rings is 1. The second-order valence-electron chi connectivity index (χ2n) is 5.84. The molecule has 0 aliphatic rings. The van der Waals surface area contributed by atoms with Crippen LogP contribution in [0.1, 0.15) is 15.9 Å². The Balaban J connectivity index is 1.81. The number of carbonyl (C=O) groups is 1. The van der Waals surface area contributed by atoms with Crippen molar-refractivity contribution in [1.82, 2.24) is 4.98 Å². The number of nitrogens with zero attached hydrogens (tertiary/aromatic N) is 1. The van der Waals surface area contributed by atoms with Crippen LogP contribution in [0.3, 0.4) is 0 Å². The summed E-state index contributed by atoms with van der Waals surface area (Å²) in [6, 6.07) is 14.6. The minimum atomic E-state index is -0.333. The summed E-state index contributed by atoms with van der Waals surface area (Å²) in [6.07, 6.45) is 4.74. The van der Waals surface area contributed by atoms with Gasteiger partial charge in [0.25, 0.3) is 0 Å². The van der Waals surface area contributed by atoms with Crippen LogP contribution in [-0.2, 0) is 0 Å². The highest BCUT2D eigenvalue weighted by Crippen LogP contribution is 2.28. The molecule has 1 N–H and O–H groups in total. The molecule has 0 radical (unpaired) electrons. The van der Waals surface area contributed by atoms with Gasteiger partial charge in [0.1, 0.15) is 11.6 Å². The first-order chi connectivity index (χ1) is 13.6. The summed E-state index contributed by atoms with van der Waals surface area (Å²) in [5.41, 5.74) is 1.84. The molecule has 1 heterocycles. The molecule has 0 spiro atoms. The van der Waals surface area contributed by atoms with Crippen LogP contribution in [0.4, 0.5) is 15.9 Å². The summed E-state index contributed by atoms with van der Waals surface area (Å²) in [5, 5.41) is 3.04. The van der Waals surface area contributed by atoms with E-state index in [2.05, 4.69) is 10.3 Å². The largest absolute Gasteiger partial charge is 0.493 e. The molecule has 0 saturated carbocycles. The molecule has 0 aliphatic heterocycles. The van der Waals surface area contributed by atoms with E-state index in [4.69, 9.17) is 9.47 Å². The second-order valence-corrected chi connectivity index (χ2v) is 5.84. The lowest BCUT2D eigenvalue weighted by molar-refractivity contribution is 0.104. The van der Waals surface area contributed by atoms with Crippen LogP contribution in [0.5, 0.6) is 11.5 Å². The molecule has 28 heavy (non-hydrogen) atoms.